The highest BCUT2D eigenvalue weighted by atomic mass is 16.3. The number of H-pyrrole nitrogens is 1. The van der Waals surface area contributed by atoms with Gasteiger partial charge < -0.3 is 10.4 Å². The van der Waals surface area contributed by atoms with E-state index in [0.29, 0.717) is 30.3 Å². The highest BCUT2D eigenvalue weighted by molar-refractivity contribution is 5.94. The van der Waals surface area contributed by atoms with E-state index in [9.17, 15) is 4.79 Å². The second kappa shape index (κ2) is 6.73. The van der Waals surface area contributed by atoms with Crippen LogP contribution >= 0.6 is 0 Å². The summed E-state index contributed by atoms with van der Waals surface area (Å²) in [5.41, 5.74) is 1.38. The second-order valence-corrected chi connectivity index (χ2v) is 7.22. The Labute approximate surface area is 141 Å². The number of amides is 1. The molecule has 1 heterocycles. The molecule has 1 aliphatic rings. The molecule has 128 valence electrons. The standard InChI is InChI=1S/C18H24N4O2/c1-18(2,9-10-23)11-19-17(24)14-7-5-13(6-8-14)16-20-15(21-22-16)12-3-4-12/h5-8,12,23H,3-4,9-11H2,1-2H3,(H,19,24)(H,20,21,22). The monoisotopic (exact) mass is 328 g/mol. The van der Waals surface area contributed by atoms with Crippen LogP contribution in [0.4, 0.5) is 0 Å². The minimum absolute atomic E-state index is 0.110. The number of carbonyl (C=O) groups is 1. The summed E-state index contributed by atoms with van der Waals surface area (Å²) >= 11 is 0. The Kier molecular flexibility index (Phi) is 4.66. The van der Waals surface area contributed by atoms with Crippen LogP contribution in [-0.2, 0) is 0 Å². The van der Waals surface area contributed by atoms with Crippen molar-refractivity contribution in [3.05, 3.63) is 35.7 Å². The third kappa shape index (κ3) is 4.00. The molecule has 1 fully saturated rings. The Hall–Kier alpha value is -2.21. The first-order chi connectivity index (χ1) is 11.5. The van der Waals surface area contributed by atoms with Crippen molar-refractivity contribution in [1.82, 2.24) is 20.5 Å². The SMILES string of the molecule is CC(C)(CCO)CNC(=O)c1ccc(-c2n[nH]c(C3CC3)n2)cc1. The number of benzene rings is 1. The van der Waals surface area contributed by atoms with Crippen molar-refractivity contribution >= 4 is 5.91 Å². The highest BCUT2D eigenvalue weighted by Gasteiger charge is 2.27. The van der Waals surface area contributed by atoms with Crippen molar-refractivity contribution in [2.75, 3.05) is 13.2 Å². The Morgan fingerprint density at radius 2 is 2.04 bits per heavy atom. The summed E-state index contributed by atoms with van der Waals surface area (Å²) in [5.74, 6) is 2.06. The zero-order chi connectivity index (χ0) is 17.2. The van der Waals surface area contributed by atoms with Gasteiger partial charge in [-0.1, -0.05) is 26.0 Å². The Balaban J connectivity index is 1.61. The van der Waals surface area contributed by atoms with Crippen LogP contribution in [0.2, 0.25) is 0 Å². The summed E-state index contributed by atoms with van der Waals surface area (Å²) in [4.78, 5) is 16.7. The van der Waals surface area contributed by atoms with Crippen LogP contribution in [-0.4, -0.2) is 39.3 Å². The smallest absolute Gasteiger partial charge is 0.251 e. The lowest BCUT2D eigenvalue weighted by molar-refractivity contribution is 0.0928. The van der Waals surface area contributed by atoms with Gasteiger partial charge in [0, 0.05) is 30.2 Å². The molecular formula is C18H24N4O2. The average Bonchev–Trinajstić information content (AvgIpc) is 3.30. The first-order valence-electron chi connectivity index (χ1n) is 8.40. The molecule has 0 spiro atoms. The lowest BCUT2D eigenvalue weighted by Crippen LogP contribution is -2.34. The van der Waals surface area contributed by atoms with Crippen molar-refractivity contribution in [2.24, 2.45) is 5.41 Å². The summed E-state index contributed by atoms with van der Waals surface area (Å²) in [5, 5.41) is 19.2. The zero-order valence-electron chi connectivity index (χ0n) is 14.2. The molecule has 0 aliphatic heterocycles. The fourth-order valence-electron chi connectivity index (χ4n) is 2.53. The second-order valence-electron chi connectivity index (χ2n) is 7.22. The molecule has 6 heteroatoms. The van der Waals surface area contributed by atoms with Gasteiger partial charge in [-0.2, -0.15) is 5.10 Å². The van der Waals surface area contributed by atoms with Crippen LogP contribution in [0.3, 0.4) is 0 Å². The van der Waals surface area contributed by atoms with Gasteiger partial charge >= 0.3 is 0 Å². The molecule has 1 saturated carbocycles. The molecule has 0 saturated heterocycles. The van der Waals surface area contributed by atoms with Crippen LogP contribution in [0, 0.1) is 5.41 Å². The molecular weight excluding hydrogens is 304 g/mol. The van der Waals surface area contributed by atoms with Gasteiger partial charge in [-0.05, 0) is 36.8 Å². The maximum atomic E-state index is 12.2. The number of aliphatic hydroxyl groups is 1. The van der Waals surface area contributed by atoms with Crippen LogP contribution in [0.1, 0.15) is 55.2 Å². The van der Waals surface area contributed by atoms with E-state index in [1.54, 1.807) is 12.1 Å². The number of nitrogens with one attached hydrogen (secondary N) is 2. The molecule has 0 atom stereocenters. The maximum Gasteiger partial charge on any atom is 0.251 e. The Bertz CT molecular complexity index is 702. The molecule has 1 aromatic heterocycles. The summed E-state index contributed by atoms with van der Waals surface area (Å²) in [6.07, 6.45) is 3.01. The van der Waals surface area contributed by atoms with Gasteiger partial charge in [-0.25, -0.2) is 4.98 Å². The van der Waals surface area contributed by atoms with Crippen molar-refractivity contribution in [3.8, 4) is 11.4 Å². The summed E-state index contributed by atoms with van der Waals surface area (Å²) in [7, 11) is 0. The molecule has 24 heavy (non-hydrogen) atoms. The number of nitrogens with zero attached hydrogens (tertiary/aromatic N) is 2. The Morgan fingerprint density at radius 3 is 2.67 bits per heavy atom. The van der Waals surface area contributed by atoms with E-state index in [1.165, 1.54) is 12.8 Å². The minimum atomic E-state index is -0.122. The molecule has 3 rings (SSSR count). The van der Waals surface area contributed by atoms with Gasteiger partial charge in [0.05, 0.1) is 0 Å². The fraction of sp³-hybridized carbons (Fsp3) is 0.500. The van der Waals surface area contributed by atoms with E-state index >= 15 is 0 Å². The maximum absolute atomic E-state index is 12.2. The van der Waals surface area contributed by atoms with Crippen LogP contribution in [0.15, 0.2) is 24.3 Å². The van der Waals surface area contributed by atoms with Crippen LogP contribution in [0.5, 0.6) is 0 Å². The average molecular weight is 328 g/mol. The number of rotatable bonds is 7. The van der Waals surface area contributed by atoms with Gasteiger partial charge in [-0.15, -0.1) is 0 Å². The molecule has 1 aliphatic carbocycles. The number of aliphatic hydroxyl groups excluding tert-OH is 1. The van der Waals surface area contributed by atoms with Gasteiger partial charge in [0.2, 0.25) is 0 Å². The van der Waals surface area contributed by atoms with Crippen molar-refractivity contribution in [3.63, 3.8) is 0 Å². The Morgan fingerprint density at radius 1 is 1.33 bits per heavy atom. The van der Waals surface area contributed by atoms with E-state index in [0.717, 1.165) is 11.4 Å². The molecule has 3 N–H and O–H groups in total. The molecule has 0 unspecified atom stereocenters. The molecule has 1 amide bonds. The molecule has 0 radical (unpaired) electrons. The zero-order valence-corrected chi connectivity index (χ0v) is 14.2. The van der Waals surface area contributed by atoms with E-state index < -0.39 is 0 Å². The predicted octanol–water partition coefficient (Wildman–Crippen LogP) is 2.49. The largest absolute Gasteiger partial charge is 0.396 e. The van der Waals surface area contributed by atoms with Crippen LogP contribution in [0.25, 0.3) is 11.4 Å². The third-order valence-electron chi connectivity index (χ3n) is 4.39. The topological polar surface area (TPSA) is 90.9 Å². The fourth-order valence-corrected chi connectivity index (χ4v) is 2.53. The van der Waals surface area contributed by atoms with Crippen molar-refractivity contribution in [2.45, 2.75) is 39.0 Å². The number of carbonyl (C=O) groups excluding carboxylic acids is 1. The summed E-state index contributed by atoms with van der Waals surface area (Å²) < 4.78 is 0. The van der Waals surface area contributed by atoms with Gasteiger partial charge in [0.25, 0.3) is 5.91 Å². The minimum Gasteiger partial charge on any atom is -0.396 e. The first kappa shape index (κ1) is 16.6. The number of aromatic amines is 1. The lowest BCUT2D eigenvalue weighted by Gasteiger charge is -2.23. The van der Waals surface area contributed by atoms with Crippen LogP contribution < -0.4 is 5.32 Å². The molecule has 0 bridgehead atoms. The molecule has 2 aromatic rings. The van der Waals surface area contributed by atoms with E-state index in [1.807, 2.05) is 26.0 Å². The molecule has 6 nitrogen and oxygen atoms in total. The van der Waals surface area contributed by atoms with Gasteiger partial charge in [-0.3, -0.25) is 9.89 Å². The quantitative estimate of drug-likeness (QED) is 0.728. The third-order valence-corrected chi connectivity index (χ3v) is 4.39. The van der Waals surface area contributed by atoms with Gasteiger partial charge in [0.15, 0.2) is 5.82 Å². The van der Waals surface area contributed by atoms with E-state index in [4.69, 9.17) is 5.11 Å². The number of aromatic nitrogens is 3. The van der Waals surface area contributed by atoms with Crippen molar-refractivity contribution in [1.29, 1.82) is 0 Å². The van der Waals surface area contributed by atoms with E-state index in [-0.39, 0.29) is 17.9 Å². The van der Waals surface area contributed by atoms with E-state index in [2.05, 4.69) is 20.5 Å². The number of hydrogen-bond donors (Lipinski definition) is 3. The highest BCUT2D eigenvalue weighted by Crippen LogP contribution is 2.38. The molecule has 1 aromatic carbocycles. The first-order valence-corrected chi connectivity index (χ1v) is 8.40. The number of hydrogen-bond acceptors (Lipinski definition) is 4. The van der Waals surface area contributed by atoms with Crippen molar-refractivity contribution < 1.29 is 9.90 Å². The predicted molar refractivity (Wildman–Crippen MR) is 91.6 cm³/mol. The summed E-state index contributed by atoms with van der Waals surface area (Å²) in [6.45, 7) is 4.69. The summed E-state index contributed by atoms with van der Waals surface area (Å²) in [6, 6.07) is 7.31. The lowest BCUT2D eigenvalue weighted by atomic mass is 9.89. The van der Waals surface area contributed by atoms with Gasteiger partial charge in [0.1, 0.15) is 5.82 Å². The normalized spacial score (nSPS) is 14.6.